The van der Waals surface area contributed by atoms with E-state index in [9.17, 15) is 30.5 Å². The smallest absolute Gasteiger partial charge is 0.333 e. The van der Waals surface area contributed by atoms with Gasteiger partial charge >= 0.3 is 11.9 Å². The van der Waals surface area contributed by atoms with Crippen LogP contribution in [0.5, 0.6) is 0 Å². The lowest BCUT2D eigenvalue weighted by atomic mass is 9.86. The standard InChI is InChI=1S/C26H27N5O5/c1-16(2)25(33)35-11-9-31(10-12-36-26(34)17(3)4)20-7-5-18(6-8-20)22-21(15-29)23(30-24(22)32)19(13-27)14-28/h5-8,21-22,24,30,32H,1,3,9-12H2,2,4H3. The van der Waals surface area contributed by atoms with Crippen molar-refractivity contribution in [1.29, 1.82) is 15.8 Å². The van der Waals surface area contributed by atoms with E-state index in [1.807, 2.05) is 4.90 Å². The lowest BCUT2D eigenvalue weighted by Gasteiger charge is -2.25. The number of esters is 2. The molecule has 1 saturated heterocycles. The number of ether oxygens (including phenoxy) is 2. The number of aliphatic hydroxyl groups is 1. The van der Waals surface area contributed by atoms with Gasteiger partial charge in [0.25, 0.3) is 0 Å². The predicted molar refractivity (Wildman–Crippen MR) is 129 cm³/mol. The lowest BCUT2D eigenvalue weighted by molar-refractivity contribution is -0.139. The van der Waals surface area contributed by atoms with Crippen molar-refractivity contribution in [1.82, 2.24) is 5.32 Å². The largest absolute Gasteiger partial charge is 0.460 e. The zero-order chi connectivity index (χ0) is 26.8. The number of carbonyl (C=O) groups excluding carboxylic acids is 2. The van der Waals surface area contributed by atoms with Gasteiger partial charge in [0.05, 0.1) is 36.7 Å². The molecule has 3 unspecified atom stereocenters. The molecule has 1 aromatic rings. The molecule has 1 fully saturated rings. The summed E-state index contributed by atoms with van der Waals surface area (Å²) in [5, 5.41) is 41.2. The van der Waals surface area contributed by atoms with E-state index >= 15 is 0 Å². The number of hydrogen-bond donors (Lipinski definition) is 2. The van der Waals surface area contributed by atoms with E-state index in [1.165, 1.54) is 0 Å². The highest BCUT2D eigenvalue weighted by Gasteiger charge is 2.41. The van der Waals surface area contributed by atoms with Crippen molar-refractivity contribution in [2.24, 2.45) is 5.92 Å². The number of nitrogens with one attached hydrogen (secondary N) is 1. The second kappa shape index (κ2) is 12.8. The van der Waals surface area contributed by atoms with Gasteiger partial charge in [0.15, 0.2) is 0 Å². The SMILES string of the molecule is C=C(C)C(=O)OCCN(CCOC(=O)C(=C)C)c1ccc(C2C(O)NC(=C(C#N)C#N)C2C#N)cc1. The van der Waals surface area contributed by atoms with E-state index in [0.29, 0.717) is 18.7 Å². The Labute approximate surface area is 209 Å². The molecule has 0 bridgehead atoms. The predicted octanol–water partition coefficient (Wildman–Crippen LogP) is 2.18. The molecule has 1 aliphatic rings. The number of benzene rings is 1. The van der Waals surface area contributed by atoms with Gasteiger partial charge in [0, 0.05) is 16.8 Å². The summed E-state index contributed by atoms with van der Waals surface area (Å²) in [5.74, 6) is -2.62. The van der Waals surface area contributed by atoms with Crippen molar-refractivity contribution >= 4 is 17.6 Å². The molecule has 2 rings (SSSR count). The van der Waals surface area contributed by atoms with E-state index < -0.39 is 30.0 Å². The van der Waals surface area contributed by atoms with Crippen molar-refractivity contribution in [2.75, 3.05) is 31.2 Å². The molecule has 0 saturated carbocycles. The molecule has 1 heterocycles. The highest BCUT2D eigenvalue weighted by atomic mass is 16.5. The fourth-order valence-electron chi connectivity index (χ4n) is 3.61. The van der Waals surface area contributed by atoms with Gasteiger partial charge in [-0.3, -0.25) is 0 Å². The first-order chi connectivity index (χ1) is 17.1. The molecule has 0 radical (unpaired) electrons. The molecule has 36 heavy (non-hydrogen) atoms. The molecule has 2 N–H and O–H groups in total. The Balaban J connectivity index is 2.24. The maximum Gasteiger partial charge on any atom is 0.333 e. The Morgan fingerprint density at radius 1 is 1.00 bits per heavy atom. The summed E-state index contributed by atoms with van der Waals surface area (Å²) in [7, 11) is 0. The number of nitrogens with zero attached hydrogens (tertiary/aromatic N) is 4. The topological polar surface area (TPSA) is 159 Å². The summed E-state index contributed by atoms with van der Waals surface area (Å²) < 4.78 is 10.4. The summed E-state index contributed by atoms with van der Waals surface area (Å²) >= 11 is 0. The average molecular weight is 490 g/mol. The third-order valence-electron chi connectivity index (χ3n) is 5.47. The maximum atomic E-state index is 11.7. The number of rotatable bonds is 10. The first kappa shape index (κ1) is 27.7. The van der Waals surface area contributed by atoms with E-state index in [1.54, 1.807) is 50.3 Å². The number of nitriles is 3. The molecule has 1 aliphatic heterocycles. The average Bonchev–Trinajstić information content (AvgIpc) is 3.19. The second-order valence-electron chi connectivity index (χ2n) is 8.15. The fourth-order valence-corrected chi connectivity index (χ4v) is 3.61. The van der Waals surface area contributed by atoms with E-state index in [-0.39, 0.29) is 35.6 Å². The van der Waals surface area contributed by atoms with Crippen LogP contribution in [0.25, 0.3) is 0 Å². The molecule has 1 aromatic carbocycles. The highest BCUT2D eigenvalue weighted by molar-refractivity contribution is 5.87. The van der Waals surface area contributed by atoms with Crippen LogP contribution in [0.3, 0.4) is 0 Å². The normalized spacial score (nSPS) is 18.0. The number of allylic oxidation sites excluding steroid dienone is 2. The van der Waals surface area contributed by atoms with Crippen LogP contribution >= 0.6 is 0 Å². The van der Waals surface area contributed by atoms with E-state index in [4.69, 9.17) is 9.47 Å². The van der Waals surface area contributed by atoms with Crippen LogP contribution < -0.4 is 10.2 Å². The number of hydrogen-bond acceptors (Lipinski definition) is 10. The quantitative estimate of drug-likeness (QED) is 0.283. The van der Waals surface area contributed by atoms with Crippen LogP contribution in [-0.2, 0) is 19.1 Å². The van der Waals surface area contributed by atoms with Crippen LogP contribution in [0, 0.1) is 39.9 Å². The summed E-state index contributed by atoms with van der Waals surface area (Å²) in [4.78, 5) is 25.3. The number of aliphatic hydroxyl groups excluding tert-OH is 1. The van der Waals surface area contributed by atoms with Gasteiger partial charge in [-0.15, -0.1) is 0 Å². The van der Waals surface area contributed by atoms with Crippen LogP contribution in [0.4, 0.5) is 5.69 Å². The van der Waals surface area contributed by atoms with Gasteiger partial charge in [0.1, 0.15) is 37.2 Å². The Kier molecular flexibility index (Phi) is 9.80. The molecule has 10 nitrogen and oxygen atoms in total. The summed E-state index contributed by atoms with van der Waals surface area (Å²) in [6.45, 7) is 10.9. The van der Waals surface area contributed by atoms with Gasteiger partial charge < -0.3 is 24.8 Å². The molecule has 186 valence electrons. The van der Waals surface area contributed by atoms with Crippen LogP contribution in [0.2, 0.25) is 0 Å². The van der Waals surface area contributed by atoms with Gasteiger partial charge in [-0.1, -0.05) is 25.3 Å². The molecule has 0 aromatic heterocycles. The van der Waals surface area contributed by atoms with E-state index in [0.717, 1.165) is 5.69 Å². The third kappa shape index (κ3) is 6.73. The molecule has 0 spiro atoms. The van der Waals surface area contributed by atoms with Crippen molar-refractivity contribution in [3.05, 3.63) is 65.4 Å². The van der Waals surface area contributed by atoms with Crippen molar-refractivity contribution in [3.8, 4) is 18.2 Å². The summed E-state index contributed by atoms with van der Waals surface area (Å²) in [6.07, 6.45) is -1.16. The zero-order valence-electron chi connectivity index (χ0n) is 20.2. The number of carbonyl (C=O) groups is 2. The van der Waals surface area contributed by atoms with Crippen molar-refractivity contribution in [3.63, 3.8) is 0 Å². The fraction of sp³-hybridized carbons (Fsp3) is 0.346. The molecule has 10 heteroatoms. The molecular weight excluding hydrogens is 462 g/mol. The first-order valence-electron chi connectivity index (χ1n) is 11.0. The maximum absolute atomic E-state index is 11.7. The van der Waals surface area contributed by atoms with E-state index in [2.05, 4.69) is 24.5 Å². The summed E-state index contributed by atoms with van der Waals surface area (Å²) in [6, 6.07) is 12.5. The van der Waals surface area contributed by atoms with Gasteiger partial charge in [-0.05, 0) is 31.5 Å². The van der Waals surface area contributed by atoms with Crippen molar-refractivity contribution < 1.29 is 24.2 Å². The minimum Gasteiger partial charge on any atom is -0.460 e. The minimum atomic E-state index is -1.16. The Hall–Kier alpha value is -4.59. The molecule has 3 atom stereocenters. The molecular formula is C26H27N5O5. The summed E-state index contributed by atoms with van der Waals surface area (Å²) in [5.41, 5.74) is 1.75. The minimum absolute atomic E-state index is 0.0723. The molecule has 0 amide bonds. The second-order valence-corrected chi connectivity index (χ2v) is 8.15. The molecule has 0 aliphatic carbocycles. The van der Waals surface area contributed by atoms with Gasteiger partial charge in [-0.2, -0.15) is 15.8 Å². The highest BCUT2D eigenvalue weighted by Crippen LogP contribution is 2.38. The first-order valence-corrected chi connectivity index (χ1v) is 11.0. The van der Waals surface area contributed by atoms with Crippen LogP contribution in [0.15, 0.2) is 59.8 Å². The van der Waals surface area contributed by atoms with Crippen molar-refractivity contribution in [2.45, 2.75) is 26.0 Å². The Morgan fingerprint density at radius 3 is 1.92 bits per heavy atom. The monoisotopic (exact) mass is 489 g/mol. The zero-order valence-corrected chi connectivity index (χ0v) is 20.2. The van der Waals surface area contributed by atoms with Gasteiger partial charge in [0.2, 0.25) is 0 Å². The van der Waals surface area contributed by atoms with Crippen LogP contribution in [0.1, 0.15) is 25.3 Å². The Bertz CT molecular complexity index is 1140. The lowest BCUT2D eigenvalue weighted by Crippen LogP contribution is -2.32. The Morgan fingerprint density at radius 2 is 1.50 bits per heavy atom. The van der Waals surface area contributed by atoms with Crippen LogP contribution in [-0.4, -0.2) is 49.6 Å². The van der Waals surface area contributed by atoms with Gasteiger partial charge in [-0.25, -0.2) is 9.59 Å². The number of anilines is 1. The third-order valence-corrected chi connectivity index (χ3v) is 5.47.